The molecular formula is C14H23N3O2S. The van der Waals surface area contributed by atoms with Gasteiger partial charge in [-0.1, -0.05) is 0 Å². The van der Waals surface area contributed by atoms with Crippen LogP contribution in [0.3, 0.4) is 0 Å². The number of hydrogen-bond donors (Lipinski definition) is 2. The summed E-state index contributed by atoms with van der Waals surface area (Å²) >= 11 is 0. The Morgan fingerprint density at radius 1 is 1.35 bits per heavy atom. The number of nitrogens with one attached hydrogen (secondary N) is 1. The number of piperidine rings is 1. The van der Waals surface area contributed by atoms with Crippen molar-refractivity contribution < 1.29 is 8.42 Å². The van der Waals surface area contributed by atoms with Crippen molar-refractivity contribution in [1.82, 2.24) is 9.62 Å². The standard InChI is InChI=1S/C14H23N3O2S/c1-11-9-13(3-4-14(11)15)20(18,19)16-10-12-5-7-17(2)8-6-12/h3-4,9,12,16H,5-8,10,15H2,1-2H3. The van der Waals surface area contributed by atoms with Crippen molar-refractivity contribution in [3.8, 4) is 0 Å². The van der Waals surface area contributed by atoms with Gasteiger partial charge in [0.05, 0.1) is 4.90 Å². The fourth-order valence-corrected chi connectivity index (χ4v) is 3.59. The van der Waals surface area contributed by atoms with E-state index in [0.717, 1.165) is 31.5 Å². The molecule has 0 radical (unpaired) electrons. The van der Waals surface area contributed by atoms with Gasteiger partial charge >= 0.3 is 0 Å². The zero-order valence-corrected chi connectivity index (χ0v) is 12.9. The van der Waals surface area contributed by atoms with Gasteiger partial charge < -0.3 is 10.6 Å². The molecule has 0 unspecified atom stereocenters. The number of sulfonamides is 1. The van der Waals surface area contributed by atoms with Gasteiger partial charge in [0.25, 0.3) is 0 Å². The Kier molecular flexibility index (Phi) is 4.67. The third kappa shape index (κ3) is 3.71. The van der Waals surface area contributed by atoms with E-state index in [9.17, 15) is 8.42 Å². The van der Waals surface area contributed by atoms with Crippen molar-refractivity contribution >= 4 is 15.7 Å². The number of nitrogens with zero attached hydrogens (tertiary/aromatic N) is 1. The molecule has 0 saturated carbocycles. The maximum Gasteiger partial charge on any atom is 0.240 e. The van der Waals surface area contributed by atoms with Crippen LogP contribution in [0.1, 0.15) is 18.4 Å². The summed E-state index contributed by atoms with van der Waals surface area (Å²) in [5, 5.41) is 0. The predicted molar refractivity (Wildman–Crippen MR) is 81.0 cm³/mol. The molecule has 0 spiro atoms. The predicted octanol–water partition coefficient (Wildman–Crippen LogP) is 1.20. The van der Waals surface area contributed by atoms with E-state index in [2.05, 4.69) is 16.7 Å². The van der Waals surface area contributed by atoms with E-state index in [1.807, 2.05) is 6.92 Å². The first-order chi connectivity index (χ1) is 9.38. The van der Waals surface area contributed by atoms with Crippen molar-refractivity contribution in [3.05, 3.63) is 23.8 Å². The van der Waals surface area contributed by atoms with Crippen LogP contribution >= 0.6 is 0 Å². The molecule has 5 nitrogen and oxygen atoms in total. The first kappa shape index (κ1) is 15.3. The largest absolute Gasteiger partial charge is 0.399 e. The van der Waals surface area contributed by atoms with Gasteiger partial charge in [-0.15, -0.1) is 0 Å². The first-order valence-corrected chi connectivity index (χ1v) is 8.41. The molecule has 6 heteroatoms. The molecule has 0 atom stereocenters. The molecule has 1 aliphatic rings. The monoisotopic (exact) mass is 297 g/mol. The maximum absolute atomic E-state index is 12.2. The highest BCUT2D eigenvalue weighted by Crippen LogP contribution is 2.19. The number of aryl methyl sites for hydroxylation is 1. The van der Waals surface area contributed by atoms with E-state index in [-0.39, 0.29) is 4.90 Å². The topological polar surface area (TPSA) is 75.4 Å². The molecule has 1 saturated heterocycles. The number of rotatable bonds is 4. The Morgan fingerprint density at radius 3 is 2.60 bits per heavy atom. The molecule has 0 aromatic heterocycles. The van der Waals surface area contributed by atoms with Crippen molar-refractivity contribution in [1.29, 1.82) is 0 Å². The average molecular weight is 297 g/mol. The first-order valence-electron chi connectivity index (χ1n) is 6.93. The van der Waals surface area contributed by atoms with Crippen molar-refractivity contribution in [3.63, 3.8) is 0 Å². The van der Waals surface area contributed by atoms with Gasteiger partial charge in [-0.3, -0.25) is 0 Å². The Balaban J connectivity index is 1.98. The summed E-state index contributed by atoms with van der Waals surface area (Å²) in [4.78, 5) is 2.56. The van der Waals surface area contributed by atoms with E-state index in [4.69, 9.17) is 5.73 Å². The number of nitrogen functional groups attached to an aromatic ring is 1. The highest BCUT2D eigenvalue weighted by atomic mass is 32.2. The Bertz CT molecular complexity index is 564. The maximum atomic E-state index is 12.2. The highest BCUT2D eigenvalue weighted by Gasteiger charge is 2.20. The molecule has 1 heterocycles. The van der Waals surface area contributed by atoms with Crippen LogP contribution in [0, 0.1) is 12.8 Å². The zero-order chi connectivity index (χ0) is 14.8. The molecule has 0 aliphatic carbocycles. The molecule has 1 aromatic rings. The second kappa shape index (κ2) is 6.11. The normalized spacial score (nSPS) is 18.3. The molecule has 112 valence electrons. The fourth-order valence-electron chi connectivity index (χ4n) is 2.39. The Morgan fingerprint density at radius 2 is 2.00 bits per heavy atom. The van der Waals surface area contributed by atoms with Crippen LogP contribution < -0.4 is 10.5 Å². The number of hydrogen-bond acceptors (Lipinski definition) is 4. The van der Waals surface area contributed by atoms with Crippen LogP contribution in [0.15, 0.2) is 23.1 Å². The lowest BCUT2D eigenvalue weighted by molar-refractivity contribution is 0.220. The number of likely N-dealkylation sites (tertiary alicyclic amines) is 1. The van der Waals surface area contributed by atoms with Gasteiger partial charge in [-0.25, -0.2) is 13.1 Å². The second-order valence-electron chi connectivity index (χ2n) is 5.62. The number of benzene rings is 1. The SMILES string of the molecule is Cc1cc(S(=O)(=O)NCC2CCN(C)CC2)ccc1N. The van der Waals surface area contributed by atoms with Gasteiger partial charge in [-0.2, -0.15) is 0 Å². The van der Waals surface area contributed by atoms with Crippen LogP contribution in [-0.2, 0) is 10.0 Å². The summed E-state index contributed by atoms with van der Waals surface area (Å²) in [6, 6.07) is 4.81. The van der Waals surface area contributed by atoms with Crippen LogP contribution in [0.25, 0.3) is 0 Å². The molecule has 2 rings (SSSR count). The van der Waals surface area contributed by atoms with Crippen molar-refractivity contribution in [2.75, 3.05) is 32.4 Å². The van der Waals surface area contributed by atoms with Crippen molar-refractivity contribution in [2.45, 2.75) is 24.7 Å². The fraction of sp³-hybridized carbons (Fsp3) is 0.571. The molecule has 1 fully saturated rings. The summed E-state index contributed by atoms with van der Waals surface area (Å²) in [6.45, 7) is 4.39. The highest BCUT2D eigenvalue weighted by molar-refractivity contribution is 7.89. The lowest BCUT2D eigenvalue weighted by Crippen LogP contribution is -2.36. The van der Waals surface area contributed by atoms with Gasteiger partial charge in [0, 0.05) is 12.2 Å². The van der Waals surface area contributed by atoms with E-state index >= 15 is 0 Å². The quantitative estimate of drug-likeness (QED) is 0.819. The Labute approximate surface area is 121 Å². The molecule has 20 heavy (non-hydrogen) atoms. The van der Waals surface area contributed by atoms with E-state index in [0.29, 0.717) is 18.2 Å². The summed E-state index contributed by atoms with van der Waals surface area (Å²) in [5.74, 6) is 0.427. The molecular weight excluding hydrogens is 274 g/mol. The average Bonchev–Trinajstić information content (AvgIpc) is 2.41. The van der Waals surface area contributed by atoms with Crippen molar-refractivity contribution in [2.24, 2.45) is 5.92 Å². The van der Waals surface area contributed by atoms with Gasteiger partial charge in [-0.05, 0) is 69.6 Å². The van der Waals surface area contributed by atoms with E-state index < -0.39 is 10.0 Å². The lowest BCUT2D eigenvalue weighted by Gasteiger charge is -2.28. The molecule has 3 N–H and O–H groups in total. The van der Waals surface area contributed by atoms with Crippen LogP contribution in [0.5, 0.6) is 0 Å². The van der Waals surface area contributed by atoms with Crippen LogP contribution in [0.4, 0.5) is 5.69 Å². The molecule has 0 amide bonds. The summed E-state index contributed by atoms with van der Waals surface area (Å²) in [6.07, 6.45) is 2.08. The molecule has 1 aliphatic heterocycles. The van der Waals surface area contributed by atoms with E-state index in [1.165, 1.54) is 0 Å². The third-order valence-electron chi connectivity index (χ3n) is 3.95. The Hall–Kier alpha value is -1.11. The zero-order valence-electron chi connectivity index (χ0n) is 12.1. The minimum atomic E-state index is -3.43. The minimum Gasteiger partial charge on any atom is -0.399 e. The van der Waals surface area contributed by atoms with E-state index in [1.54, 1.807) is 18.2 Å². The number of nitrogens with two attached hydrogens (primary N) is 1. The summed E-state index contributed by atoms with van der Waals surface area (Å²) in [7, 11) is -1.34. The van der Waals surface area contributed by atoms with Crippen LogP contribution in [-0.4, -0.2) is 40.0 Å². The molecule has 0 bridgehead atoms. The summed E-state index contributed by atoms with van der Waals surface area (Å²) < 4.78 is 27.2. The van der Waals surface area contributed by atoms with Gasteiger partial charge in [0.1, 0.15) is 0 Å². The number of anilines is 1. The van der Waals surface area contributed by atoms with Gasteiger partial charge in [0.2, 0.25) is 10.0 Å². The third-order valence-corrected chi connectivity index (χ3v) is 5.37. The molecule has 1 aromatic carbocycles. The van der Waals surface area contributed by atoms with Gasteiger partial charge in [0.15, 0.2) is 0 Å². The summed E-state index contributed by atoms with van der Waals surface area (Å²) in [5.41, 5.74) is 7.11. The van der Waals surface area contributed by atoms with Crippen LogP contribution in [0.2, 0.25) is 0 Å². The minimum absolute atomic E-state index is 0.289. The lowest BCUT2D eigenvalue weighted by atomic mass is 9.98. The smallest absolute Gasteiger partial charge is 0.240 e. The second-order valence-corrected chi connectivity index (χ2v) is 7.38.